The molecule has 0 spiro atoms. The molecule has 1 aliphatic heterocycles. The van der Waals surface area contributed by atoms with Crippen LogP contribution in [0.4, 0.5) is 5.69 Å². The van der Waals surface area contributed by atoms with E-state index in [1.54, 1.807) is 0 Å². The topological polar surface area (TPSA) is 51.6 Å². The monoisotopic (exact) mass is 478 g/mol. The van der Waals surface area contributed by atoms with Crippen LogP contribution in [0, 0.1) is 0 Å². The molecule has 2 aliphatic rings. The second-order valence-corrected chi connectivity index (χ2v) is 10.1. The van der Waals surface area contributed by atoms with Crippen molar-refractivity contribution in [3.8, 4) is 0 Å². The van der Waals surface area contributed by atoms with Crippen LogP contribution in [0.25, 0.3) is 10.9 Å². The molecular weight excluding hydrogens is 444 g/mol. The lowest BCUT2D eigenvalue weighted by Gasteiger charge is -2.40. The van der Waals surface area contributed by atoms with Crippen molar-refractivity contribution in [2.75, 3.05) is 44.6 Å². The lowest BCUT2D eigenvalue weighted by Crippen LogP contribution is -2.50. The van der Waals surface area contributed by atoms with Crippen LogP contribution in [0.15, 0.2) is 85.1 Å². The number of aliphatic hydroxyl groups excluding tert-OH is 1. The highest BCUT2D eigenvalue weighted by molar-refractivity contribution is 5.90. The lowest BCUT2D eigenvalue weighted by molar-refractivity contribution is 0.0671. The van der Waals surface area contributed by atoms with Crippen molar-refractivity contribution >= 4 is 16.6 Å². The first-order valence-electron chi connectivity index (χ1n) is 13.1. The number of nitrogens with one attached hydrogen (secondary N) is 1. The van der Waals surface area contributed by atoms with E-state index in [0.717, 1.165) is 55.6 Å². The van der Waals surface area contributed by atoms with Crippen molar-refractivity contribution in [1.29, 1.82) is 0 Å². The average Bonchev–Trinajstić information content (AvgIpc) is 3.09. The zero-order valence-electron chi connectivity index (χ0n) is 20.7. The van der Waals surface area contributed by atoms with Gasteiger partial charge in [0.2, 0.25) is 0 Å². The highest BCUT2D eigenvalue weighted by Crippen LogP contribution is 2.37. The third kappa shape index (κ3) is 4.74. The standard InChI is InChI=1S/C31H34N4O/c36-26(21-33-29-13-5-9-25-10-6-16-32-30(25)29)22-34-17-19-35(20-18-34)31-27-11-3-1-7-23(27)14-15-24-8-2-4-12-28(24)31/h1-13,16,26,31,33,36H,14-15,17-22H2. The van der Waals surface area contributed by atoms with Gasteiger partial charge in [-0.25, -0.2) is 0 Å². The summed E-state index contributed by atoms with van der Waals surface area (Å²) in [6.45, 7) is 5.12. The van der Waals surface area contributed by atoms with E-state index in [0.29, 0.717) is 19.1 Å². The Morgan fingerprint density at radius 1 is 0.806 bits per heavy atom. The maximum absolute atomic E-state index is 10.8. The predicted molar refractivity (Wildman–Crippen MR) is 146 cm³/mol. The van der Waals surface area contributed by atoms with E-state index in [9.17, 15) is 5.11 Å². The number of hydrogen-bond acceptors (Lipinski definition) is 5. The first-order chi connectivity index (χ1) is 17.8. The zero-order chi connectivity index (χ0) is 24.3. The van der Waals surface area contributed by atoms with E-state index in [1.807, 2.05) is 24.4 Å². The van der Waals surface area contributed by atoms with Gasteiger partial charge in [-0.15, -0.1) is 0 Å². The number of benzene rings is 3. The molecule has 2 N–H and O–H groups in total. The summed E-state index contributed by atoms with van der Waals surface area (Å²) in [7, 11) is 0. The van der Waals surface area contributed by atoms with E-state index in [-0.39, 0.29) is 0 Å². The van der Waals surface area contributed by atoms with Gasteiger partial charge in [0.15, 0.2) is 0 Å². The first-order valence-corrected chi connectivity index (χ1v) is 13.1. The molecule has 4 aromatic rings. The minimum absolute atomic E-state index is 0.313. The van der Waals surface area contributed by atoms with Crippen molar-refractivity contribution < 1.29 is 5.11 Å². The third-order valence-electron chi connectivity index (χ3n) is 7.76. The van der Waals surface area contributed by atoms with Crippen LogP contribution >= 0.6 is 0 Å². The Labute approximate surface area is 213 Å². The summed E-state index contributed by atoms with van der Waals surface area (Å²) in [6.07, 6.45) is 3.59. The number of β-amino-alcohol motifs (C(OH)–C–C–N with tert-alkyl or cyclic N) is 1. The summed E-state index contributed by atoms with van der Waals surface area (Å²) < 4.78 is 0. The molecule has 5 heteroatoms. The van der Waals surface area contributed by atoms with Crippen LogP contribution < -0.4 is 5.32 Å². The molecule has 0 radical (unpaired) electrons. The molecule has 1 aromatic heterocycles. The third-order valence-corrected chi connectivity index (χ3v) is 7.76. The van der Waals surface area contributed by atoms with Gasteiger partial charge in [-0.1, -0.05) is 66.7 Å². The number of aliphatic hydroxyl groups is 1. The van der Waals surface area contributed by atoms with Crippen LogP contribution in [-0.4, -0.2) is 65.3 Å². The molecule has 36 heavy (non-hydrogen) atoms. The Kier molecular flexibility index (Phi) is 6.69. The summed E-state index contributed by atoms with van der Waals surface area (Å²) in [5.41, 5.74) is 7.80. The summed E-state index contributed by atoms with van der Waals surface area (Å²) in [5.74, 6) is 0. The van der Waals surface area contributed by atoms with Gasteiger partial charge >= 0.3 is 0 Å². The van der Waals surface area contributed by atoms with Crippen molar-refractivity contribution in [2.24, 2.45) is 0 Å². The number of aromatic nitrogens is 1. The number of anilines is 1. The van der Waals surface area contributed by atoms with Crippen LogP contribution in [0.1, 0.15) is 28.3 Å². The van der Waals surface area contributed by atoms with Crippen LogP contribution in [-0.2, 0) is 12.8 Å². The second kappa shape index (κ2) is 10.4. The molecule has 1 unspecified atom stereocenters. The van der Waals surface area contributed by atoms with Crippen LogP contribution in [0.2, 0.25) is 0 Å². The van der Waals surface area contributed by atoms with Crippen molar-refractivity contribution in [3.63, 3.8) is 0 Å². The van der Waals surface area contributed by atoms with Crippen molar-refractivity contribution in [1.82, 2.24) is 14.8 Å². The Balaban J connectivity index is 1.10. The van der Waals surface area contributed by atoms with E-state index in [1.165, 1.54) is 22.3 Å². The molecule has 0 amide bonds. The molecule has 1 saturated heterocycles. The normalized spacial score (nSPS) is 17.8. The minimum Gasteiger partial charge on any atom is -0.390 e. The van der Waals surface area contributed by atoms with Crippen molar-refractivity contribution in [3.05, 3.63) is 107 Å². The van der Waals surface area contributed by atoms with Gasteiger partial charge in [-0.2, -0.15) is 0 Å². The van der Waals surface area contributed by atoms with Gasteiger partial charge in [0, 0.05) is 50.9 Å². The molecule has 184 valence electrons. The van der Waals surface area contributed by atoms with Gasteiger partial charge in [0.1, 0.15) is 0 Å². The molecular formula is C31H34N4O. The fraction of sp³-hybridized carbons (Fsp3) is 0.323. The molecule has 3 aromatic carbocycles. The number of para-hydroxylation sites is 1. The number of fused-ring (bicyclic) bond motifs is 3. The van der Waals surface area contributed by atoms with Crippen molar-refractivity contribution in [2.45, 2.75) is 25.0 Å². The van der Waals surface area contributed by atoms with E-state index < -0.39 is 6.10 Å². The zero-order valence-corrected chi connectivity index (χ0v) is 20.7. The number of hydrogen-bond donors (Lipinski definition) is 2. The highest BCUT2D eigenvalue weighted by Gasteiger charge is 2.31. The fourth-order valence-corrected chi connectivity index (χ4v) is 5.93. The van der Waals surface area contributed by atoms with Gasteiger partial charge in [-0.05, 0) is 47.2 Å². The van der Waals surface area contributed by atoms with Gasteiger partial charge in [0.05, 0.1) is 23.3 Å². The molecule has 1 fully saturated rings. The average molecular weight is 479 g/mol. The van der Waals surface area contributed by atoms with Gasteiger partial charge < -0.3 is 10.4 Å². The maximum Gasteiger partial charge on any atom is 0.0933 e. The van der Waals surface area contributed by atoms with E-state index in [2.05, 4.69) is 80.8 Å². The van der Waals surface area contributed by atoms with Crippen LogP contribution in [0.3, 0.4) is 0 Å². The number of pyridine rings is 1. The van der Waals surface area contributed by atoms with E-state index in [4.69, 9.17) is 0 Å². The van der Waals surface area contributed by atoms with Gasteiger partial charge in [-0.3, -0.25) is 14.8 Å². The Bertz CT molecular complexity index is 1280. The summed E-state index contributed by atoms with van der Waals surface area (Å²) >= 11 is 0. The maximum atomic E-state index is 10.8. The van der Waals surface area contributed by atoms with Gasteiger partial charge in [0.25, 0.3) is 0 Å². The SMILES string of the molecule is OC(CNc1cccc2cccnc12)CN1CCN(C2c3ccccc3CCc3ccccc32)CC1. The molecule has 1 atom stereocenters. The van der Waals surface area contributed by atoms with Crippen LogP contribution in [0.5, 0.6) is 0 Å². The predicted octanol–water partition coefficient (Wildman–Crippen LogP) is 4.51. The molecule has 0 saturated carbocycles. The Morgan fingerprint density at radius 2 is 1.47 bits per heavy atom. The largest absolute Gasteiger partial charge is 0.390 e. The molecule has 6 rings (SSSR count). The molecule has 1 aliphatic carbocycles. The minimum atomic E-state index is -0.435. The highest BCUT2D eigenvalue weighted by atomic mass is 16.3. The summed E-state index contributed by atoms with van der Waals surface area (Å²) in [6, 6.07) is 28.4. The van der Waals surface area contributed by atoms with E-state index >= 15 is 0 Å². The number of rotatable bonds is 6. The summed E-state index contributed by atoms with van der Waals surface area (Å²) in [4.78, 5) is 9.55. The Hall–Kier alpha value is -3.25. The number of aryl methyl sites for hydroxylation is 2. The first kappa shape index (κ1) is 23.2. The second-order valence-electron chi connectivity index (χ2n) is 10.1. The molecule has 0 bridgehead atoms. The molecule has 5 nitrogen and oxygen atoms in total. The Morgan fingerprint density at radius 3 is 2.19 bits per heavy atom. The molecule has 2 heterocycles. The smallest absolute Gasteiger partial charge is 0.0933 e. The lowest BCUT2D eigenvalue weighted by atomic mass is 9.92. The summed E-state index contributed by atoms with van der Waals surface area (Å²) in [5, 5.41) is 15.3. The number of nitrogens with zero attached hydrogens (tertiary/aromatic N) is 3. The number of piperazine rings is 1. The quantitative estimate of drug-likeness (QED) is 0.427. The fourth-order valence-electron chi connectivity index (χ4n) is 5.93.